The summed E-state index contributed by atoms with van der Waals surface area (Å²) in [6, 6.07) is 15.2. The van der Waals surface area contributed by atoms with E-state index >= 15 is 0 Å². The van der Waals surface area contributed by atoms with Gasteiger partial charge in [-0.1, -0.05) is 42.5 Å². The van der Waals surface area contributed by atoms with E-state index in [0.29, 0.717) is 36.3 Å². The molecule has 12 nitrogen and oxygen atoms in total. The fourth-order valence-electron chi connectivity index (χ4n) is 4.59. The first-order valence-corrected chi connectivity index (χ1v) is 15.2. The van der Waals surface area contributed by atoms with E-state index in [1.165, 1.54) is 29.6 Å². The SMILES string of the molecule is COc1ccc(C(C(=O)N(C)C)n2cc(NC(=O)C(CCCc3ccccc3)NC(=O)C(C)(C)NC(=O)OC(C)(C)C)cn2)cc1. The molecule has 1 aromatic heterocycles. The molecule has 0 bridgehead atoms. The average Bonchev–Trinajstić information content (AvgIpc) is 3.43. The number of anilines is 1. The van der Waals surface area contributed by atoms with Crippen molar-refractivity contribution in [1.29, 1.82) is 0 Å². The summed E-state index contributed by atoms with van der Waals surface area (Å²) in [4.78, 5) is 54.1. The van der Waals surface area contributed by atoms with Gasteiger partial charge in [0, 0.05) is 20.3 Å². The van der Waals surface area contributed by atoms with Gasteiger partial charge in [-0.25, -0.2) is 4.79 Å². The lowest BCUT2D eigenvalue weighted by Gasteiger charge is -2.29. The molecule has 0 aliphatic carbocycles. The van der Waals surface area contributed by atoms with Crippen LogP contribution in [0.2, 0.25) is 0 Å². The number of aromatic nitrogens is 2. The minimum absolute atomic E-state index is 0.211. The summed E-state index contributed by atoms with van der Waals surface area (Å²) in [6.45, 7) is 8.26. The topological polar surface area (TPSA) is 144 Å². The van der Waals surface area contributed by atoms with Gasteiger partial charge >= 0.3 is 6.09 Å². The van der Waals surface area contributed by atoms with Crippen molar-refractivity contribution in [3.63, 3.8) is 0 Å². The quantitative estimate of drug-likeness (QED) is 0.254. The van der Waals surface area contributed by atoms with Crippen LogP contribution in [-0.2, 0) is 25.5 Å². The van der Waals surface area contributed by atoms with Crippen LogP contribution in [0.1, 0.15) is 64.6 Å². The van der Waals surface area contributed by atoms with Crippen LogP contribution < -0.4 is 20.7 Å². The second-order valence-corrected chi connectivity index (χ2v) is 12.8. The van der Waals surface area contributed by atoms with Crippen LogP contribution in [0.5, 0.6) is 5.75 Å². The zero-order chi connectivity index (χ0) is 34.1. The van der Waals surface area contributed by atoms with E-state index in [2.05, 4.69) is 21.0 Å². The molecule has 2 unspecified atom stereocenters. The highest BCUT2D eigenvalue weighted by Gasteiger charge is 2.34. The molecule has 0 saturated carbocycles. The normalized spacial score (nSPS) is 12.8. The lowest BCUT2D eigenvalue weighted by Crippen LogP contribution is -2.58. The molecule has 46 heavy (non-hydrogen) atoms. The third-order valence-corrected chi connectivity index (χ3v) is 7.04. The number of carbonyl (C=O) groups is 4. The molecular weight excluding hydrogens is 588 g/mol. The van der Waals surface area contributed by atoms with E-state index in [1.54, 1.807) is 72.4 Å². The second-order valence-electron chi connectivity index (χ2n) is 12.8. The maximum Gasteiger partial charge on any atom is 0.408 e. The Morgan fingerprint density at radius 1 is 0.957 bits per heavy atom. The van der Waals surface area contributed by atoms with Gasteiger partial charge in [-0.2, -0.15) is 5.10 Å². The number of rotatable bonds is 13. The number of methoxy groups -OCH3 is 1. The lowest BCUT2D eigenvalue weighted by atomic mass is 10.0. The molecule has 0 aliphatic heterocycles. The molecule has 2 aromatic carbocycles. The second kappa shape index (κ2) is 15.4. The number of benzene rings is 2. The molecule has 3 aromatic rings. The summed E-state index contributed by atoms with van der Waals surface area (Å²) in [5.74, 6) is -0.575. The highest BCUT2D eigenvalue weighted by Crippen LogP contribution is 2.24. The Labute approximate surface area is 270 Å². The third-order valence-electron chi connectivity index (χ3n) is 7.04. The van der Waals surface area contributed by atoms with Crippen molar-refractivity contribution in [1.82, 2.24) is 25.3 Å². The van der Waals surface area contributed by atoms with Gasteiger partial charge in [-0.15, -0.1) is 0 Å². The smallest absolute Gasteiger partial charge is 0.408 e. The molecule has 12 heteroatoms. The summed E-state index contributed by atoms with van der Waals surface area (Å²) >= 11 is 0. The van der Waals surface area contributed by atoms with Crippen molar-refractivity contribution in [2.75, 3.05) is 26.5 Å². The van der Waals surface area contributed by atoms with Crippen LogP contribution in [-0.4, -0.2) is 76.9 Å². The van der Waals surface area contributed by atoms with Gasteiger partial charge in [-0.3, -0.25) is 19.1 Å². The molecule has 1 heterocycles. The Hall–Kier alpha value is -4.87. The van der Waals surface area contributed by atoms with Crippen molar-refractivity contribution < 1.29 is 28.7 Å². The fraction of sp³-hybridized carbons (Fsp3) is 0.441. The standard InChI is InChI=1S/C34H46N6O6/c1-33(2,3)46-32(44)38-34(4,5)31(43)37-27(16-12-15-23-13-10-9-11-14-23)29(41)36-25-21-35-40(22-25)28(30(42)39(6)7)24-17-19-26(45-8)20-18-24/h9-11,13-14,17-22,27-28H,12,15-16H2,1-8H3,(H,36,41)(H,37,43)(H,38,44). The molecular formula is C34H46N6O6. The van der Waals surface area contributed by atoms with Crippen LogP contribution in [0, 0.1) is 0 Å². The largest absolute Gasteiger partial charge is 0.497 e. The molecule has 0 spiro atoms. The van der Waals surface area contributed by atoms with E-state index in [0.717, 1.165) is 5.56 Å². The summed E-state index contributed by atoms with van der Waals surface area (Å²) in [5, 5.41) is 12.6. The zero-order valence-corrected chi connectivity index (χ0v) is 27.9. The monoisotopic (exact) mass is 634 g/mol. The van der Waals surface area contributed by atoms with Crippen LogP contribution in [0.15, 0.2) is 67.0 Å². The molecule has 4 amide bonds. The van der Waals surface area contributed by atoms with E-state index < -0.39 is 41.1 Å². The molecule has 0 fully saturated rings. The molecule has 3 N–H and O–H groups in total. The van der Waals surface area contributed by atoms with Crippen molar-refractivity contribution in [3.05, 3.63) is 78.1 Å². The number of amides is 4. The molecule has 2 atom stereocenters. The summed E-state index contributed by atoms with van der Waals surface area (Å²) in [7, 11) is 4.88. The number of aryl methyl sites for hydroxylation is 1. The Balaban J connectivity index is 1.80. The minimum Gasteiger partial charge on any atom is -0.497 e. The van der Waals surface area contributed by atoms with Gasteiger partial charge in [0.1, 0.15) is 22.9 Å². The van der Waals surface area contributed by atoms with E-state index in [-0.39, 0.29) is 5.91 Å². The van der Waals surface area contributed by atoms with Crippen molar-refractivity contribution in [2.24, 2.45) is 0 Å². The van der Waals surface area contributed by atoms with Gasteiger partial charge < -0.3 is 30.3 Å². The number of hydrogen-bond acceptors (Lipinski definition) is 7. The summed E-state index contributed by atoms with van der Waals surface area (Å²) in [6.07, 6.45) is 3.92. The van der Waals surface area contributed by atoms with Gasteiger partial charge in [0.15, 0.2) is 6.04 Å². The van der Waals surface area contributed by atoms with Gasteiger partial charge in [0.2, 0.25) is 11.8 Å². The maximum atomic E-state index is 13.6. The Morgan fingerprint density at radius 2 is 1.61 bits per heavy atom. The van der Waals surface area contributed by atoms with Crippen LogP contribution >= 0.6 is 0 Å². The molecule has 248 valence electrons. The Bertz CT molecular complexity index is 1480. The predicted molar refractivity (Wildman–Crippen MR) is 175 cm³/mol. The average molecular weight is 635 g/mol. The predicted octanol–water partition coefficient (Wildman–Crippen LogP) is 4.32. The molecule has 0 aliphatic rings. The molecule has 3 rings (SSSR count). The number of likely N-dealkylation sites (N-methyl/N-ethyl adjacent to an activating group) is 1. The first-order chi connectivity index (χ1) is 21.6. The number of nitrogens with zero attached hydrogens (tertiary/aromatic N) is 3. The number of nitrogens with one attached hydrogen (secondary N) is 3. The van der Waals surface area contributed by atoms with E-state index in [4.69, 9.17) is 9.47 Å². The van der Waals surface area contributed by atoms with E-state index in [9.17, 15) is 19.2 Å². The highest BCUT2D eigenvalue weighted by atomic mass is 16.6. The number of ether oxygens (including phenoxy) is 2. The van der Waals surface area contributed by atoms with Crippen LogP contribution in [0.25, 0.3) is 0 Å². The van der Waals surface area contributed by atoms with Gasteiger partial charge in [-0.05, 0) is 77.1 Å². The van der Waals surface area contributed by atoms with Gasteiger partial charge in [0.05, 0.1) is 19.0 Å². The Kier molecular flexibility index (Phi) is 11.9. The molecule has 0 saturated heterocycles. The van der Waals surface area contributed by atoms with Crippen LogP contribution in [0.3, 0.4) is 0 Å². The highest BCUT2D eigenvalue weighted by molar-refractivity contribution is 5.99. The van der Waals surface area contributed by atoms with Gasteiger partial charge in [0.25, 0.3) is 5.91 Å². The lowest BCUT2D eigenvalue weighted by molar-refractivity contribution is -0.131. The molecule has 0 radical (unpaired) electrons. The summed E-state index contributed by atoms with van der Waals surface area (Å²) < 4.78 is 12.0. The zero-order valence-electron chi connectivity index (χ0n) is 27.9. The summed E-state index contributed by atoms with van der Waals surface area (Å²) in [5.41, 5.74) is 0.0272. The van der Waals surface area contributed by atoms with Crippen molar-refractivity contribution in [3.8, 4) is 5.75 Å². The first kappa shape index (κ1) is 35.6. The van der Waals surface area contributed by atoms with Crippen molar-refractivity contribution in [2.45, 2.75) is 77.1 Å². The maximum absolute atomic E-state index is 13.6. The van der Waals surface area contributed by atoms with Crippen molar-refractivity contribution >= 4 is 29.5 Å². The number of hydrogen-bond donors (Lipinski definition) is 3. The van der Waals surface area contributed by atoms with E-state index in [1.807, 2.05) is 30.3 Å². The van der Waals surface area contributed by atoms with Crippen LogP contribution in [0.4, 0.5) is 10.5 Å². The Morgan fingerprint density at radius 3 is 2.20 bits per heavy atom. The minimum atomic E-state index is -1.37. The first-order valence-electron chi connectivity index (χ1n) is 15.2. The third kappa shape index (κ3) is 10.4. The fourth-order valence-corrected chi connectivity index (χ4v) is 4.59. The number of carbonyl (C=O) groups excluding carboxylic acids is 4. The number of alkyl carbamates (subject to hydrolysis) is 1.